The summed E-state index contributed by atoms with van der Waals surface area (Å²) in [4.78, 5) is 6.17. The average molecular weight is 1570 g/mol. The van der Waals surface area contributed by atoms with E-state index in [-0.39, 0.29) is 12.1 Å². The van der Waals surface area contributed by atoms with Gasteiger partial charge in [-0.15, -0.1) is 0 Å². The van der Waals surface area contributed by atoms with E-state index < -0.39 is 0 Å². The molecule has 0 N–H and O–H groups in total. The van der Waals surface area contributed by atoms with Gasteiger partial charge in [-0.1, -0.05) is 622 Å². The third-order valence-electron chi connectivity index (χ3n) is 26.2. The van der Waals surface area contributed by atoms with Gasteiger partial charge in [-0.25, -0.2) is 0 Å². The Labute approximate surface area is 711 Å². The van der Waals surface area contributed by atoms with Crippen molar-refractivity contribution in [3.8, 4) is 0 Å². The number of unbranched alkanes of at least 4 members (excludes halogenated alkanes) is 82. The van der Waals surface area contributed by atoms with Crippen LogP contribution in [-0.4, -0.2) is 0 Å². The van der Waals surface area contributed by atoms with Gasteiger partial charge in [-0.3, -0.25) is 0 Å². The fourth-order valence-electron chi connectivity index (χ4n) is 18.4. The lowest BCUT2D eigenvalue weighted by Crippen LogP contribution is -1.94. The Morgan fingerprint density at radius 2 is 0.281 bits per heavy atom. The highest BCUT2D eigenvalue weighted by molar-refractivity contribution is 5.23. The maximum Gasteiger partial charge on any atom is 0.0625 e. The first kappa shape index (κ1) is 104. The van der Waals surface area contributed by atoms with Gasteiger partial charge < -0.3 is 0 Å². The molecule has 3 aromatic rings. The maximum absolute atomic E-state index is 8.95. The van der Waals surface area contributed by atoms with Crippen molar-refractivity contribution in [2.45, 2.75) is 577 Å². The molecular weight excluding hydrogens is 1380 g/mol. The van der Waals surface area contributed by atoms with Gasteiger partial charge in [0.1, 0.15) is 0 Å². The van der Waals surface area contributed by atoms with E-state index in [0.717, 1.165) is 36.8 Å². The summed E-state index contributed by atoms with van der Waals surface area (Å²) in [6, 6.07) is 30.2. The van der Waals surface area contributed by atoms with Gasteiger partial charge >= 0.3 is 0 Å². The summed E-state index contributed by atoms with van der Waals surface area (Å²) in [7, 11) is 0. The molecule has 0 aliphatic carbocycles. The molecule has 3 rings (SSSR count). The molecule has 6 nitrogen and oxygen atoms in total. The Morgan fingerprint density at radius 3 is 0.412 bits per heavy atom. The van der Waals surface area contributed by atoms with Crippen LogP contribution in [0.3, 0.4) is 0 Å². The van der Waals surface area contributed by atoms with Gasteiger partial charge in [0.05, 0.1) is 12.1 Å². The quantitative estimate of drug-likeness (QED) is 0.0233. The molecule has 114 heavy (non-hydrogen) atoms. The van der Waals surface area contributed by atoms with Crippen LogP contribution in [0.1, 0.15) is 587 Å². The van der Waals surface area contributed by atoms with Crippen molar-refractivity contribution in [3.05, 3.63) is 128 Å². The van der Waals surface area contributed by atoms with E-state index in [9.17, 15) is 0 Å². The predicted molar refractivity (Wildman–Crippen MR) is 508 cm³/mol. The fourth-order valence-corrected chi connectivity index (χ4v) is 18.4. The molecule has 654 valence electrons. The minimum Gasteiger partial charge on any atom is -0.0859 e. The van der Waals surface area contributed by atoms with E-state index in [1.165, 1.54) is 539 Å². The van der Waals surface area contributed by atoms with E-state index in [0.29, 0.717) is 0 Å². The number of hydrogen-bond acceptors (Lipinski definition) is 2. The molecule has 0 spiro atoms. The lowest BCUT2D eigenvalue weighted by atomic mass is 10.00. The van der Waals surface area contributed by atoms with Crippen LogP contribution in [0.15, 0.2) is 95.2 Å². The molecule has 0 amide bonds. The number of aryl methyl sites for hydroxylation is 2. The lowest BCUT2D eigenvalue weighted by Gasteiger charge is -2.11. The number of rotatable bonds is 94. The van der Waals surface area contributed by atoms with Gasteiger partial charge in [0.2, 0.25) is 0 Å². The first-order valence-corrected chi connectivity index (χ1v) is 52.1. The van der Waals surface area contributed by atoms with Crippen LogP contribution >= 0.6 is 0 Å². The van der Waals surface area contributed by atoms with Gasteiger partial charge in [0.15, 0.2) is 0 Å². The maximum atomic E-state index is 8.95. The average Bonchev–Trinajstić information content (AvgIpc) is 0.911. The first-order valence-electron chi connectivity index (χ1n) is 52.1. The van der Waals surface area contributed by atoms with Crippen LogP contribution in [0.5, 0.6) is 0 Å². The summed E-state index contributed by atoms with van der Waals surface area (Å²) >= 11 is 0. The van der Waals surface area contributed by atoms with Crippen LogP contribution in [0.4, 0.5) is 0 Å². The smallest absolute Gasteiger partial charge is 0.0625 e. The van der Waals surface area contributed by atoms with Crippen LogP contribution in [-0.2, 0) is 12.8 Å². The van der Waals surface area contributed by atoms with Crippen LogP contribution < -0.4 is 0 Å². The number of nitrogens with zero attached hydrogens (tertiary/aromatic N) is 6. The monoisotopic (exact) mass is 1570 g/mol. The highest BCUT2D eigenvalue weighted by atomic mass is 15.2. The van der Waals surface area contributed by atoms with E-state index in [1.807, 2.05) is 36.4 Å². The predicted octanol–water partition coefficient (Wildman–Crippen LogP) is 40.4. The Morgan fingerprint density at radius 1 is 0.158 bits per heavy atom. The molecule has 0 bridgehead atoms. The highest BCUT2D eigenvalue weighted by Crippen LogP contribution is 2.29. The van der Waals surface area contributed by atoms with Gasteiger partial charge in [0, 0.05) is 9.82 Å². The molecule has 0 saturated carbocycles. The molecule has 0 aromatic heterocycles. The highest BCUT2D eigenvalue weighted by Gasteiger charge is 2.11. The van der Waals surface area contributed by atoms with E-state index in [1.54, 1.807) is 11.1 Å². The van der Waals surface area contributed by atoms with Crippen LogP contribution in [0.25, 0.3) is 20.9 Å². The first-order chi connectivity index (χ1) is 56.8. The van der Waals surface area contributed by atoms with Crippen molar-refractivity contribution in [1.29, 1.82) is 0 Å². The van der Waals surface area contributed by atoms with Crippen LogP contribution in [0.2, 0.25) is 0 Å². The van der Waals surface area contributed by atoms with E-state index in [4.69, 9.17) is 11.1 Å². The van der Waals surface area contributed by atoms with E-state index in [2.05, 4.69) is 68.6 Å². The van der Waals surface area contributed by atoms with Gasteiger partial charge in [0.25, 0.3) is 0 Å². The Hall–Kier alpha value is -3.72. The topological polar surface area (TPSA) is 97.5 Å². The zero-order valence-corrected chi connectivity index (χ0v) is 76.1. The van der Waals surface area contributed by atoms with Crippen molar-refractivity contribution in [1.82, 2.24) is 0 Å². The summed E-state index contributed by atoms with van der Waals surface area (Å²) in [6.45, 7) is 0. The molecule has 0 radical (unpaired) electrons. The third kappa shape index (κ3) is 73.4. The zero-order chi connectivity index (χ0) is 80.4. The normalized spacial score (nSPS) is 12.1. The SMILES string of the molecule is [N-]=[N+]=NC(CCCCCCCCCCCCCCCCCCCCCCCCCCCCCCCCCCCCCCCCCCCCc1ccc(CCCCCCCCCCCCCCCCCCCCCCCCCCCCCCCCCCCCCCCCCCCCC(N=[N+]=[N-])c2ccccc2)cc1)c1ccccc1. The number of benzene rings is 3. The van der Waals surface area contributed by atoms with Crippen molar-refractivity contribution in [2.75, 3.05) is 0 Å². The molecule has 2 unspecified atom stereocenters. The number of hydrogen-bond donors (Lipinski definition) is 0. The van der Waals surface area contributed by atoms with Gasteiger partial charge in [-0.05, 0) is 71.8 Å². The second-order valence-electron chi connectivity index (χ2n) is 36.9. The standard InChI is InChI=1S/C108H192N6/c109-113-111-107(105-93-85-81-86-94-105)97-89-79-75-71-67-63-59-55-51-47-43-39-35-31-27-23-19-15-11-7-3-1-5-9-13-17-21-25-29-33-37-41-45-49-53-57-61-65-69-73-77-83-91-103-99-101-104(102-100-103)92-84-78-74-70-66-62-58-54-50-46-42-38-34-30-26-22-18-14-10-6-2-4-8-12-16-20-24-28-32-36-40-44-48-52-56-60-64-68-72-76-80-90-98-108(112-114-110)106-95-87-82-88-96-106/h81-82,85-88,93-96,99-102,107-108H,1-80,83-84,89-92,97-98H2. The molecule has 0 heterocycles. The Kier molecular flexibility index (Phi) is 81.2. The molecule has 0 aliphatic heterocycles. The van der Waals surface area contributed by atoms with Crippen molar-refractivity contribution >= 4 is 0 Å². The van der Waals surface area contributed by atoms with Crippen molar-refractivity contribution in [3.63, 3.8) is 0 Å². The minimum absolute atomic E-state index is 0.00981. The summed E-state index contributed by atoms with van der Waals surface area (Å²) < 4.78 is 0. The molecule has 0 saturated heterocycles. The summed E-state index contributed by atoms with van der Waals surface area (Å²) in [5, 5.41) is 8.08. The largest absolute Gasteiger partial charge is 0.0859 e. The summed E-state index contributed by atoms with van der Waals surface area (Å²) in [5.41, 5.74) is 23.3. The molecule has 6 heteroatoms. The summed E-state index contributed by atoms with van der Waals surface area (Å²) in [5.74, 6) is 0. The molecular formula is C108H192N6. The summed E-state index contributed by atoms with van der Waals surface area (Å²) in [6.07, 6.45) is 126. The lowest BCUT2D eigenvalue weighted by molar-refractivity contribution is 0.507. The Bertz CT molecular complexity index is 2260. The second-order valence-corrected chi connectivity index (χ2v) is 36.9. The van der Waals surface area contributed by atoms with Crippen molar-refractivity contribution in [2.24, 2.45) is 10.2 Å². The zero-order valence-electron chi connectivity index (χ0n) is 76.1. The molecule has 0 fully saturated rings. The van der Waals surface area contributed by atoms with E-state index >= 15 is 0 Å². The second kappa shape index (κ2) is 88.6. The molecule has 2 atom stereocenters. The minimum atomic E-state index is -0.00981. The fraction of sp³-hybridized carbons (Fsp3) is 0.833. The molecule has 3 aromatic carbocycles. The van der Waals surface area contributed by atoms with Gasteiger partial charge in [-0.2, -0.15) is 0 Å². The van der Waals surface area contributed by atoms with Crippen LogP contribution in [0, 0.1) is 0 Å². The Balaban J connectivity index is 0.868. The molecule has 0 aliphatic rings. The third-order valence-corrected chi connectivity index (χ3v) is 26.2. The number of azide groups is 2. The van der Waals surface area contributed by atoms with Crippen molar-refractivity contribution < 1.29 is 0 Å².